The molecule has 0 atom stereocenters. The summed E-state index contributed by atoms with van der Waals surface area (Å²) in [5, 5.41) is 2.21. The maximum Gasteiger partial charge on any atom is 0.192 e. The molecule has 0 aliphatic heterocycles. The molecule has 0 fully saturated rings. The van der Waals surface area contributed by atoms with Crippen LogP contribution in [0.25, 0.3) is 10.8 Å². The van der Waals surface area contributed by atoms with Crippen LogP contribution in [0.4, 0.5) is 0 Å². The van der Waals surface area contributed by atoms with Gasteiger partial charge >= 0.3 is 0 Å². The number of methoxy groups -OCH3 is 3. The van der Waals surface area contributed by atoms with Gasteiger partial charge in [-0.05, 0) is 42.1 Å². The Hall–Kier alpha value is -2.84. The predicted molar refractivity (Wildman–Crippen MR) is 113 cm³/mol. The van der Waals surface area contributed by atoms with Crippen LogP contribution in [-0.2, 0) is 11.0 Å². The van der Waals surface area contributed by atoms with E-state index in [1.54, 1.807) is 21.3 Å². The molecule has 174 valence electrons. The Morgan fingerprint density at radius 3 is 2.00 bits per heavy atom. The number of benzene rings is 2. The number of ether oxygens (including phenoxy) is 4. The number of fused-ring (bicyclic) bond motifs is 1. The lowest BCUT2D eigenvalue weighted by Gasteiger charge is -2.36. The summed E-state index contributed by atoms with van der Waals surface area (Å²) in [4.78, 5) is 29.1. The average molecular weight is 463 g/mol. The molecule has 0 spiro atoms. The van der Waals surface area contributed by atoms with Crippen LogP contribution in [0.3, 0.4) is 0 Å². The Bertz CT molecular complexity index is 1100. The van der Waals surface area contributed by atoms with Crippen molar-refractivity contribution >= 4 is 18.6 Å². The van der Waals surface area contributed by atoms with Gasteiger partial charge in [-0.25, -0.2) is 4.98 Å². The number of rotatable bonds is 7. The Labute approximate surface area is 186 Å². The quantitative estimate of drug-likeness (QED) is 0.476. The number of nitrogens with one attached hydrogen (secondary N) is 1. The van der Waals surface area contributed by atoms with Gasteiger partial charge in [-0.1, -0.05) is 6.07 Å². The minimum Gasteiger partial charge on any atom is -0.822 e. The lowest BCUT2D eigenvalue weighted by atomic mass is 10.0. The van der Waals surface area contributed by atoms with Crippen LogP contribution in [0.2, 0.25) is 0 Å². The van der Waals surface area contributed by atoms with Crippen molar-refractivity contribution in [1.29, 1.82) is 0 Å². The first-order valence-corrected chi connectivity index (χ1v) is 11.2. The molecule has 0 unspecified atom stereocenters. The molecule has 10 heteroatoms. The molecule has 0 saturated heterocycles. The van der Waals surface area contributed by atoms with Gasteiger partial charge in [0, 0.05) is 13.0 Å². The molecule has 0 aliphatic rings. The van der Waals surface area contributed by atoms with Gasteiger partial charge in [0.05, 0.1) is 39.7 Å². The van der Waals surface area contributed by atoms with E-state index in [1.807, 2.05) is 31.2 Å². The van der Waals surface area contributed by atoms with Gasteiger partial charge in [0.25, 0.3) is 0 Å². The van der Waals surface area contributed by atoms with Crippen LogP contribution in [0.15, 0.2) is 36.4 Å². The van der Waals surface area contributed by atoms with Crippen molar-refractivity contribution in [3.63, 3.8) is 0 Å². The van der Waals surface area contributed by atoms with Gasteiger partial charge in [0.15, 0.2) is 34.4 Å². The highest BCUT2D eigenvalue weighted by molar-refractivity contribution is 7.40. The van der Waals surface area contributed by atoms with Crippen molar-refractivity contribution in [2.75, 3.05) is 27.9 Å². The van der Waals surface area contributed by atoms with Crippen LogP contribution >= 0.6 is 7.82 Å². The van der Waals surface area contributed by atoms with E-state index in [2.05, 4.69) is 24.0 Å². The topological polar surface area (TPSA) is 137 Å². The summed E-state index contributed by atoms with van der Waals surface area (Å²) in [6.07, 6.45) is 0.733. The van der Waals surface area contributed by atoms with E-state index < -0.39 is 7.82 Å². The van der Waals surface area contributed by atoms with Crippen molar-refractivity contribution in [3.05, 3.63) is 53.3 Å². The second-order valence-electron chi connectivity index (χ2n) is 6.77. The van der Waals surface area contributed by atoms with Gasteiger partial charge in [-0.15, -0.1) is 0 Å². The highest BCUT2D eigenvalue weighted by Gasteiger charge is 2.16. The van der Waals surface area contributed by atoms with Crippen molar-refractivity contribution in [2.24, 2.45) is 0 Å². The van der Waals surface area contributed by atoms with E-state index in [4.69, 9.17) is 38.2 Å². The predicted octanol–water partition coefficient (Wildman–Crippen LogP) is 1.15. The van der Waals surface area contributed by atoms with Crippen LogP contribution in [0.1, 0.15) is 23.9 Å². The molecule has 1 N–H and O–H groups in total. The Morgan fingerprint density at radius 1 is 0.875 bits per heavy atom. The first kappa shape index (κ1) is 25.4. The van der Waals surface area contributed by atoms with Crippen molar-refractivity contribution in [2.45, 2.75) is 20.3 Å². The van der Waals surface area contributed by atoms with E-state index in [0.717, 1.165) is 51.4 Å². The number of hydrogen-bond acceptors (Lipinski definition) is 8. The summed E-state index contributed by atoms with van der Waals surface area (Å²) in [7, 11) is -0.426. The molecular formula is C22H26NO8P-2. The fourth-order valence-corrected chi connectivity index (χ4v) is 3.29. The first-order valence-electron chi connectivity index (χ1n) is 9.69. The lowest BCUT2D eigenvalue weighted by molar-refractivity contribution is -0.432. The molecule has 0 saturated carbocycles. The normalized spacial score (nSPS) is 10.9. The monoisotopic (exact) mass is 463 g/mol. The number of pyridine rings is 1. The maximum absolute atomic E-state index is 8.55. The number of aromatic amines is 1. The van der Waals surface area contributed by atoms with Gasteiger partial charge < -0.3 is 38.2 Å². The second-order valence-corrected chi connectivity index (χ2v) is 7.66. The van der Waals surface area contributed by atoms with Crippen LogP contribution < -0.4 is 38.6 Å². The number of phosphoric acid groups is 1. The van der Waals surface area contributed by atoms with Gasteiger partial charge in [0.1, 0.15) is 0 Å². The fraction of sp³-hybridized carbons (Fsp3) is 0.318. The summed E-state index contributed by atoms with van der Waals surface area (Å²) in [5.74, 6) is 2.94. The molecule has 2 aromatic carbocycles. The summed E-state index contributed by atoms with van der Waals surface area (Å²) in [6, 6.07) is 12.2. The summed E-state index contributed by atoms with van der Waals surface area (Å²) in [5.41, 5.74) is 3.33. The first-order chi connectivity index (χ1) is 15.1. The number of H-pyrrole nitrogens is 1. The molecule has 32 heavy (non-hydrogen) atoms. The van der Waals surface area contributed by atoms with Crippen molar-refractivity contribution in [3.8, 4) is 23.0 Å². The Balaban J connectivity index is 0.000000654. The SMILES string of the molecule is CCOc1ccc(Cc2[nH+]c(C)cc3cc(OC)c(OC)cc23)cc1OC.O=P([O-])([O-])[O-]. The Kier molecular flexibility index (Phi) is 8.86. The van der Waals surface area contributed by atoms with E-state index in [9.17, 15) is 0 Å². The number of aryl methyl sites for hydroxylation is 1. The van der Waals surface area contributed by atoms with Crippen molar-refractivity contribution < 1.29 is 43.2 Å². The average Bonchev–Trinajstić information content (AvgIpc) is 2.72. The molecule has 0 aliphatic carbocycles. The van der Waals surface area contributed by atoms with E-state index >= 15 is 0 Å². The third-order valence-corrected chi connectivity index (χ3v) is 4.51. The number of aromatic nitrogens is 1. The van der Waals surface area contributed by atoms with Gasteiger partial charge in [0.2, 0.25) is 0 Å². The molecule has 0 radical (unpaired) electrons. The van der Waals surface area contributed by atoms with Gasteiger partial charge in [-0.3, -0.25) is 0 Å². The van der Waals surface area contributed by atoms with E-state index in [1.165, 1.54) is 0 Å². The van der Waals surface area contributed by atoms with Crippen molar-refractivity contribution in [1.82, 2.24) is 0 Å². The molecular weight excluding hydrogens is 437 g/mol. The zero-order chi connectivity index (χ0) is 23.9. The second kappa shape index (κ2) is 11.2. The van der Waals surface area contributed by atoms with Crippen LogP contribution in [0, 0.1) is 6.92 Å². The van der Waals surface area contributed by atoms with Gasteiger partial charge in [-0.2, -0.15) is 7.82 Å². The maximum atomic E-state index is 8.55. The summed E-state index contributed by atoms with van der Waals surface area (Å²) in [6.45, 7) is 4.62. The largest absolute Gasteiger partial charge is 0.822 e. The summed E-state index contributed by atoms with van der Waals surface area (Å²) < 4.78 is 30.6. The van der Waals surface area contributed by atoms with Crippen LogP contribution in [-0.4, -0.2) is 27.9 Å². The highest BCUT2D eigenvalue weighted by Crippen LogP contribution is 2.34. The van der Waals surface area contributed by atoms with E-state index in [-0.39, 0.29) is 0 Å². The zero-order valence-corrected chi connectivity index (χ0v) is 19.5. The molecule has 3 aromatic rings. The molecule has 1 aromatic heterocycles. The smallest absolute Gasteiger partial charge is 0.192 e. The third-order valence-electron chi connectivity index (χ3n) is 4.51. The lowest BCUT2D eigenvalue weighted by Crippen LogP contribution is -2.24. The fourth-order valence-electron chi connectivity index (χ4n) is 3.29. The van der Waals surface area contributed by atoms with Crippen LogP contribution in [0.5, 0.6) is 23.0 Å². The highest BCUT2D eigenvalue weighted by atomic mass is 31.2. The Morgan fingerprint density at radius 2 is 1.44 bits per heavy atom. The molecule has 1 heterocycles. The third kappa shape index (κ3) is 7.10. The minimum atomic E-state index is -5.39. The number of hydrogen-bond donors (Lipinski definition) is 0. The molecule has 0 bridgehead atoms. The minimum absolute atomic E-state index is 0.605. The zero-order valence-electron chi connectivity index (χ0n) is 18.6. The molecule has 9 nitrogen and oxygen atoms in total. The standard InChI is InChI=1S/C22H25NO4.H3O4P/c1-6-27-19-8-7-15(11-20(19)24-3)10-18-17-13-22(26-5)21(25-4)12-16(17)9-14(2)23-18;1-5(2,3)4/h7-9,11-13H,6,10H2,1-5H3;(H3,1,2,3,4)/p-2. The molecule has 0 amide bonds. The summed E-state index contributed by atoms with van der Waals surface area (Å²) >= 11 is 0. The van der Waals surface area contributed by atoms with E-state index in [0.29, 0.717) is 12.4 Å². The molecule has 3 rings (SSSR count).